The van der Waals surface area contributed by atoms with Gasteiger partial charge >= 0.3 is 0 Å². The molecule has 0 aromatic heterocycles. The number of hydrogen-bond acceptors (Lipinski definition) is 3. The predicted octanol–water partition coefficient (Wildman–Crippen LogP) is 0.0355. The van der Waals surface area contributed by atoms with E-state index in [1.54, 1.807) is 5.92 Å². The van der Waals surface area contributed by atoms with Crippen LogP contribution in [0.5, 0.6) is 0 Å². The largest absolute Gasteiger partial charge is 0.288 e. The molecule has 0 aromatic carbocycles. The van der Waals surface area contributed by atoms with Crippen molar-refractivity contribution in [1.82, 2.24) is 0 Å². The molecule has 1 aliphatic rings. The molecule has 1 rings (SSSR count). The quantitative estimate of drug-likeness (QED) is 0.375. The summed E-state index contributed by atoms with van der Waals surface area (Å²) in [7, 11) is -3.68. The minimum Gasteiger partial charge on any atom is -0.218 e. The van der Waals surface area contributed by atoms with E-state index in [1.165, 1.54) is 0 Å². The lowest BCUT2D eigenvalue weighted by atomic mass is 10.2. The van der Waals surface area contributed by atoms with E-state index in [9.17, 15) is 12.8 Å². The molecule has 0 spiro atoms. The molecule has 0 radical (unpaired) electrons. The van der Waals surface area contributed by atoms with E-state index < -0.39 is 16.0 Å². The van der Waals surface area contributed by atoms with Gasteiger partial charge in [0, 0.05) is 6.42 Å². The molecule has 1 atom stereocenters. The highest BCUT2D eigenvalue weighted by Gasteiger charge is 2.42. The maximum Gasteiger partial charge on any atom is 0.288 e. The van der Waals surface area contributed by atoms with Gasteiger partial charge in [0.15, 0.2) is 0 Å². The average molecular weight is 164 g/mol. The van der Waals surface area contributed by atoms with Gasteiger partial charge in [-0.05, 0) is 5.92 Å². The zero-order valence-corrected chi connectivity index (χ0v) is 5.82. The molecule has 0 amide bonds. The lowest BCUT2D eigenvalue weighted by Crippen LogP contribution is -2.18. The highest BCUT2D eigenvalue weighted by Crippen LogP contribution is 2.28. The van der Waals surface area contributed by atoms with Crippen LogP contribution in [0.25, 0.3) is 0 Å². The number of halogens is 1. The molecule has 1 fully saturated rings. The van der Waals surface area contributed by atoms with Gasteiger partial charge in [-0.1, -0.05) is 0 Å². The van der Waals surface area contributed by atoms with Crippen LogP contribution in [-0.2, 0) is 14.3 Å². The first-order valence-corrected chi connectivity index (χ1v) is 4.15. The lowest BCUT2D eigenvalue weighted by molar-refractivity contribution is 0.0187. The van der Waals surface area contributed by atoms with Crippen LogP contribution in [-0.4, -0.2) is 20.0 Å². The molecule has 0 N–H and O–H groups in total. The monoisotopic (exact) mass is 164 g/mol. The van der Waals surface area contributed by atoms with E-state index in [0.29, 0.717) is 0 Å². The Hall–Kier alpha value is -0.600. The van der Waals surface area contributed by atoms with Crippen molar-refractivity contribution in [2.75, 3.05) is 5.75 Å². The Morgan fingerprint density at radius 2 is 2.30 bits per heavy atom. The Morgan fingerprint density at radius 1 is 1.70 bits per heavy atom. The Kier molecular flexibility index (Phi) is 1.46. The molecule has 0 saturated carbocycles. The second-order valence-corrected chi connectivity index (χ2v) is 3.66. The van der Waals surface area contributed by atoms with Crippen LogP contribution in [0.1, 0.15) is 6.42 Å². The van der Waals surface area contributed by atoms with Gasteiger partial charge in [0.05, 0.1) is 5.75 Å². The molecule has 1 aliphatic heterocycles. The highest BCUT2D eigenvalue weighted by atomic mass is 32.2. The summed E-state index contributed by atoms with van der Waals surface area (Å²) in [4.78, 5) is 0. The summed E-state index contributed by atoms with van der Waals surface area (Å²) in [5, 5.41) is 0. The van der Waals surface area contributed by atoms with Crippen molar-refractivity contribution in [2.24, 2.45) is 0 Å². The SMILES string of the molecule is C#CC1(F)CCS(=O)(=O)O1. The molecule has 5 heteroatoms. The topological polar surface area (TPSA) is 43.4 Å². The third kappa shape index (κ3) is 1.28. The van der Waals surface area contributed by atoms with Gasteiger partial charge < -0.3 is 0 Å². The van der Waals surface area contributed by atoms with Crippen LogP contribution in [0.4, 0.5) is 4.39 Å². The van der Waals surface area contributed by atoms with Crippen molar-refractivity contribution in [2.45, 2.75) is 12.3 Å². The molecule has 0 aliphatic carbocycles. The number of terminal acetylenes is 1. The first kappa shape index (κ1) is 7.51. The molecule has 56 valence electrons. The zero-order chi connectivity index (χ0) is 7.83. The summed E-state index contributed by atoms with van der Waals surface area (Å²) in [5.41, 5.74) is 0. The third-order valence-corrected chi connectivity index (χ3v) is 2.37. The maximum atomic E-state index is 12.7. The van der Waals surface area contributed by atoms with Gasteiger partial charge in [0.1, 0.15) is 0 Å². The Bertz CT molecular complexity index is 276. The fourth-order valence-electron chi connectivity index (χ4n) is 0.637. The van der Waals surface area contributed by atoms with Gasteiger partial charge in [0.25, 0.3) is 16.0 Å². The van der Waals surface area contributed by atoms with Crippen LogP contribution >= 0.6 is 0 Å². The molecule has 1 heterocycles. The molecule has 1 unspecified atom stereocenters. The first-order valence-electron chi connectivity index (χ1n) is 2.57. The van der Waals surface area contributed by atoms with Gasteiger partial charge in [0.2, 0.25) is 0 Å². The summed E-state index contributed by atoms with van der Waals surface area (Å²) in [6.07, 6.45) is 4.40. The summed E-state index contributed by atoms with van der Waals surface area (Å²) in [5.74, 6) is -1.10. The van der Waals surface area contributed by atoms with Crippen LogP contribution in [0.2, 0.25) is 0 Å². The molecule has 3 nitrogen and oxygen atoms in total. The Balaban J connectivity index is 2.89. The minimum atomic E-state index is -3.68. The highest BCUT2D eigenvalue weighted by molar-refractivity contribution is 7.86. The Labute approximate surface area is 58.3 Å². The number of rotatable bonds is 0. The lowest BCUT2D eigenvalue weighted by Gasteiger charge is -2.05. The fraction of sp³-hybridized carbons (Fsp3) is 0.600. The van der Waals surface area contributed by atoms with Crippen LogP contribution in [0.15, 0.2) is 0 Å². The summed E-state index contributed by atoms with van der Waals surface area (Å²) >= 11 is 0. The second kappa shape index (κ2) is 1.94. The van der Waals surface area contributed by atoms with Gasteiger partial charge in [-0.2, -0.15) is 12.8 Å². The number of alkyl halides is 1. The van der Waals surface area contributed by atoms with Gasteiger partial charge in [-0.15, -0.1) is 6.42 Å². The van der Waals surface area contributed by atoms with E-state index in [2.05, 4.69) is 10.6 Å². The van der Waals surface area contributed by atoms with Gasteiger partial charge in [-0.3, -0.25) is 0 Å². The van der Waals surface area contributed by atoms with Crippen molar-refractivity contribution < 1.29 is 17.0 Å². The Morgan fingerprint density at radius 3 is 2.50 bits per heavy atom. The van der Waals surface area contributed by atoms with E-state index in [0.717, 1.165) is 0 Å². The zero-order valence-electron chi connectivity index (χ0n) is 5.00. The van der Waals surface area contributed by atoms with E-state index in [1.807, 2.05) is 0 Å². The molecule has 0 bridgehead atoms. The van der Waals surface area contributed by atoms with Crippen LogP contribution in [0, 0.1) is 12.3 Å². The molecular formula is C5H5FO3S. The average Bonchev–Trinajstić information content (AvgIpc) is 2.08. The van der Waals surface area contributed by atoms with Gasteiger partial charge in [-0.25, -0.2) is 4.18 Å². The van der Waals surface area contributed by atoms with E-state index >= 15 is 0 Å². The smallest absolute Gasteiger partial charge is 0.218 e. The summed E-state index contributed by atoms with van der Waals surface area (Å²) in [6.45, 7) is 0. The molecule has 10 heavy (non-hydrogen) atoms. The maximum absolute atomic E-state index is 12.7. The van der Waals surface area contributed by atoms with Crippen molar-refractivity contribution in [1.29, 1.82) is 0 Å². The van der Waals surface area contributed by atoms with E-state index in [-0.39, 0.29) is 12.2 Å². The minimum absolute atomic E-state index is 0.272. The normalized spacial score (nSPS) is 37.2. The standard InChI is InChI=1S/C5H5FO3S/c1-2-5(6)3-4-10(7,8)9-5/h1H,3-4H2. The summed E-state index contributed by atoms with van der Waals surface area (Å²) in [6, 6.07) is 0. The third-order valence-electron chi connectivity index (χ3n) is 1.15. The van der Waals surface area contributed by atoms with Crippen molar-refractivity contribution in [3.63, 3.8) is 0 Å². The van der Waals surface area contributed by atoms with Crippen molar-refractivity contribution in [3.8, 4) is 12.3 Å². The molecule has 0 aromatic rings. The second-order valence-electron chi connectivity index (χ2n) is 1.97. The predicted molar refractivity (Wildman–Crippen MR) is 32.2 cm³/mol. The van der Waals surface area contributed by atoms with Crippen LogP contribution in [0.3, 0.4) is 0 Å². The van der Waals surface area contributed by atoms with Crippen LogP contribution < -0.4 is 0 Å². The fourth-order valence-corrected chi connectivity index (χ4v) is 1.77. The van der Waals surface area contributed by atoms with Crippen molar-refractivity contribution >= 4 is 10.1 Å². The molecular weight excluding hydrogens is 159 g/mol. The first-order chi connectivity index (χ1) is 4.47. The number of hydrogen-bond donors (Lipinski definition) is 0. The van der Waals surface area contributed by atoms with E-state index in [4.69, 9.17) is 0 Å². The summed E-state index contributed by atoms with van der Waals surface area (Å²) < 4.78 is 37.5. The molecule has 1 saturated heterocycles. The van der Waals surface area contributed by atoms with Crippen molar-refractivity contribution in [3.05, 3.63) is 0 Å².